The number of nitrogens with zero attached hydrogens (tertiary/aromatic N) is 1. The Bertz CT molecular complexity index is 931. The van der Waals surface area contributed by atoms with E-state index in [2.05, 4.69) is 46.3 Å². The van der Waals surface area contributed by atoms with E-state index in [0.717, 1.165) is 19.1 Å². The van der Waals surface area contributed by atoms with Gasteiger partial charge < -0.3 is 16.0 Å². The molecule has 0 aliphatic carbocycles. The van der Waals surface area contributed by atoms with Gasteiger partial charge in [-0.3, -0.25) is 14.8 Å². The van der Waals surface area contributed by atoms with Crippen molar-refractivity contribution in [2.24, 2.45) is 10.9 Å². The van der Waals surface area contributed by atoms with E-state index in [0.29, 0.717) is 5.56 Å². The number of hydrazine groups is 1. The molecule has 0 saturated heterocycles. The summed E-state index contributed by atoms with van der Waals surface area (Å²) < 4.78 is 27.3. The first kappa shape index (κ1) is 34.1. The number of hydrogen-bond donors (Lipinski definition) is 7. The van der Waals surface area contributed by atoms with Crippen molar-refractivity contribution in [2.75, 3.05) is 7.05 Å². The van der Waals surface area contributed by atoms with E-state index >= 15 is 0 Å². The lowest BCUT2D eigenvalue weighted by atomic mass is 9.91. The molecule has 0 fully saturated rings. The molecule has 0 aliphatic rings. The van der Waals surface area contributed by atoms with Crippen LogP contribution in [0, 0.1) is 11.8 Å². The van der Waals surface area contributed by atoms with Crippen molar-refractivity contribution in [1.29, 1.82) is 0 Å². The van der Waals surface area contributed by atoms with Gasteiger partial charge in [-0.25, -0.2) is 30.4 Å². The van der Waals surface area contributed by atoms with Gasteiger partial charge in [-0.15, -0.1) is 19.1 Å². The SMILES string of the molecule is C=C.CC#Cc1ccc(C(=O)NC(C(=O)NO)C(C)(NC(=O)NC)C(F)F)cc1.CC/C(C)=N/NN. The zero-order chi connectivity index (χ0) is 28.3. The van der Waals surface area contributed by atoms with E-state index in [4.69, 9.17) is 11.0 Å². The summed E-state index contributed by atoms with van der Waals surface area (Å²) in [6.07, 6.45) is -2.30. The predicted molar refractivity (Wildman–Crippen MR) is 134 cm³/mol. The van der Waals surface area contributed by atoms with Gasteiger partial charge in [0.2, 0.25) is 0 Å². The van der Waals surface area contributed by atoms with Crippen LogP contribution in [0.25, 0.3) is 0 Å². The highest BCUT2D eigenvalue weighted by atomic mass is 19.3. The molecule has 2 unspecified atom stereocenters. The van der Waals surface area contributed by atoms with Gasteiger partial charge in [0.1, 0.15) is 11.6 Å². The Kier molecular flexibility index (Phi) is 17.4. The third kappa shape index (κ3) is 11.4. The Hall–Kier alpha value is -4.02. The second-order valence-corrected chi connectivity index (χ2v) is 6.95. The largest absolute Gasteiger partial charge is 0.341 e. The van der Waals surface area contributed by atoms with Gasteiger partial charge in [0.15, 0.2) is 0 Å². The molecule has 8 N–H and O–H groups in total. The van der Waals surface area contributed by atoms with Crippen LogP contribution in [0.2, 0.25) is 0 Å². The zero-order valence-electron chi connectivity index (χ0n) is 21.0. The van der Waals surface area contributed by atoms with Gasteiger partial charge in [-0.2, -0.15) is 5.10 Å². The Balaban J connectivity index is 0. The molecule has 0 spiro atoms. The average molecular weight is 512 g/mol. The minimum Gasteiger partial charge on any atom is -0.341 e. The molecule has 4 amide bonds. The van der Waals surface area contributed by atoms with Crippen molar-refractivity contribution in [2.45, 2.75) is 52.1 Å². The van der Waals surface area contributed by atoms with Crippen molar-refractivity contribution in [3.05, 3.63) is 48.6 Å². The Morgan fingerprint density at radius 1 is 1.22 bits per heavy atom. The Morgan fingerprint density at radius 2 is 1.78 bits per heavy atom. The summed E-state index contributed by atoms with van der Waals surface area (Å²) in [5, 5.41) is 18.7. The van der Waals surface area contributed by atoms with E-state index in [1.54, 1.807) is 19.1 Å². The lowest BCUT2D eigenvalue weighted by Crippen LogP contribution is -2.69. The molecular weight excluding hydrogens is 476 g/mol. The fraction of sp³-hybridized carbons (Fsp3) is 0.391. The summed E-state index contributed by atoms with van der Waals surface area (Å²) >= 11 is 0. The molecule has 36 heavy (non-hydrogen) atoms. The third-order valence-corrected chi connectivity index (χ3v) is 4.49. The maximum Gasteiger partial charge on any atom is 0.315 e. The topological polar surface area (TPSA) is 170 Å². The molecule has 13 heteroatoms. The van der Waals surface area contributed by atoms with Crippen LogP contribution in [0.1, 0.15) is 50.0 Å². The number of alkyl halides is 2. The second-order valence-electron chi connectivity index (χ2n) is 6.95. The Labute approximate surface area is 209 Å². The molecule has 200 valence electrons. The number of nitrogens with two attached hydrogens (primary N) is 1. The van der Waals surface area contributed by atoms with Crippen molar-refractivity contribution in [3.8, 4) is 11.8 Å². The fourth-order valence-corrected chi connectivity index (χ4v) is 2.37. The number of hydrogen-bond acceptors (Lipinski definition) is 7. The van der Waals surface area contributed by atoms with E-state index < -0.39 is 35.9 Å². The van der Waals surface area contributed by atoms with Crippen molar-refractivity contribution < 1.29 is 28.4 Å². The van der Waals surface area contributed by atoms with Crippen LogP contribution < -0.4 is 32.8 Å². The maximum atomic E-state index is 13.6. The average Bonchev–Trinajstić information content (AvgIpc) is 2.88. The fourth-order valence-electron chi connectivity index (χ4n) is 2.37. The number of rotatable bonds is 8. The van der Waals surface area contributed by atoms with Gasteiger partial charge in [-0.05, 0) is 51.5 Å². The van der Waals surface area contributed by atoms with Crippen molar-refractivity contribution in [1.82, 2.24) is 27.0 Å². The maximum absolute atomic E-state index is 13.6. The van der Waals surface area contributed by atoms with Crippen LogP contribution in [0.15, 0.2) is 42.5 Å². The van der Waals surface area contributed by atoms with Gasteiger partial charge >= 0.3 is 6.03 Å². The normalized spacial score (nSPS) is 12.4. The highest BCUT2D eigenvalue weighted by Gasteiger charge is 2.48. The molecule has 0 radical (unpaired) electrons. The summed E-state index contributed by atoms with van der Waals surface area (Å²) in [4.78, 5) is 35.9. The predicted octanol–water partition coefficient (Wildman–Crippen LogP) is 1.65. The number of hydrazone groups is 1. The van der Waals surface area contributed by atoms with E-state index in [1.165, 1.54) is 24.7 Å². The van der Waals surface area contributed by atoms with Crippen molar-refractivity contribution in [3.63, 3.8) is 0 Å². The molecule has 0 saturated carbocycles. The first-order chi connectivity index (χ1) is 17.0. The first-order valence-corrected chi connectivity index (χ1v) is 10.5. The van der Waals surface area contributed by atoms with Crippen molar-refractivity contribution >= 4 is 23.6 Å². The molecule has 1 aromatic rings. The van der Waals surface area contributed by atoms with Gasteiger partial charge in [-0.1, -0.05) is 12.8 Å². The number of amides is 4. The number of urea groups is 1. The van der Waals surface area contributed by atoms with E-state index in [-0.39, 0.29) is 5.56 Å². The standard InChI is InChI=1S/C17H20F2N4O4.C4H11N3.C2H4/c1-4-5-10-6-8-11(9-7-10)13(24)21-12(14(25)23-27)17(2,15(18)19)22-16(26)20-3;1-3-4(2)6-7-5;1-2/h6-9,12,15,27H,1-3H3,(H,21,24)(H,23,25)(H2,20,22,26);7H,3,5H2,1-2H3;1-2H2/b;6-4+;. The minimum atomic E-state index is -3.25. The summed E-state index contributed by atoms with van der Waals surface area (Å²) in [5.41, 5.74) is 2.65. The zero-order valence-corrected chi connectivity index (χ0v) is 21.0. The molecule has 11 nitrogen and oxygen atoms in total. The van der Waals surface area contributed by atoms with Gasteiger partial charge in [0.05, 0.1) is 0 Å². The second kappa shape index (κ2) is 18.3. The number of benzene rings is 1. The lowest BCUT2D eigenvalue weighted by molar-refractivity contribution is -0.135. The quantitative estimate of drug-likeness (QED) is 0.0699. The molecule has 0 aromatic heterocycles. The first-order valence-electron chi connectivity index (χ1n) is 10.5. The number of nitrogens with one attached hydrogen (secondary N) is 5. The van der Waals surface area contributed by atoms with E-state index in [9.17, 15) is 23.2 Å². The smallest absolute Gasteiger partial charge is 0.315 e. The van der Waals surface area contributed by atoms with Gasteiger partial charge in [0.25, 0.3) is 18.2 Å². The number of carbonyl (C=O) groups excluding carboxylic acids is 3. The molecule has 1 aromatic carbocycles. The van der Waals surface area contributed by atoms with Crippen LogP contribution in [0.3, 0.4) is 0 Å². The molecular formula is C23H35F2N7O4. The van der Waals surface area contributed by atoms with Crippen LogP contribution in [-0.2, 0) is 4.79 Å². The molecule has 2 atom stereocenters. The number of hydroxylamine groups is 1. The third-order valence-electron chi connectivity index (χ3n) is 4.49. The number of halogens is 2. The van der Waals surface area contributed by atoms with Gasteiger partial charge in [0, 0.05) is 23.9 Å². The highest BCUT2D eigenvalue weighted by Crippen LogP contribution is 2.21. The highest BCUT2D eigenvalue weighted by molar-refractivity contribution is 5.98. The van der Waals surface area contributed by atoms with Crippen LogP contribution in [-0.4, -0.2) is 53.8 Å². The van der Waals surface area contributed by atoms with E-state index in [1.807, 2.05) is 19.2 Å². The summed E-state index contributed by atoms with van der Waals surface area (Å²) in [5.74, 6) is 8.15. The number of carbonyl (C=O) groups is 3. The van der Waals surface area contributed by atoms with Crippen LogP contribution in [0.5, 0.6) is 0 Å². The van der Waals surface area contributed by atoms with Crippen LogP contribution in [0.4, 0.5) is 13.6 Å². The molecule has 0 heterocycles. The summed E-state index contributed by atoms with van der Waals surface area (Å²) in [6.45, 7) is 12.5. The lowest BCUT2D eigenvalue weighted by Gasteiger charge is -2.36. The molecule has 1 rings (SSSR count). The monoisotopic (exact) mass is 511 g/mol. The summed E-state index contributed by atoms with van der Waals surface area (Å²) in [7, 11) is 1.20. The summed E-state index contributed by atoms with van der Waals surface area (Å²) in [6, 6.07) is 2.92. The molecule has 0 bridgehead atoms. The Morgan fingerprint density at radius 3 is 2.14 bits per heavy atom. The van der Waals surface area contributed by atoms with Crippen LogP contribution >= 0.6 is 0 Å². The minimum absolute atomic E-state index is 0.0731. The molecule has 0 aliphatic heterocycles.